The van der Waals surface area contributed by atoms with Gasteiger partial charge in [-0.25, -0.2) is 4.79 Å². The van der Waals surface area contributed by atoms with Gasteiger partial charge >= 0.3 is 5.97 Å². The van der Waals surface area contributed by atoms with E-state index in [-0.39, 0.29) is 41.9 Å². The fraction of sp³-hybridized carbons (Fsp3) is 0.407. The minimum absolute atomic E-state index is 0.158. The number of amides is 3. The van der Waals surface area contributed by atoms with Crippen molar-refractivity contribution in [3.05, 3.63) is 65.7 Å². The van der Waals surface area contributed by atoms with E-state index < -0.39 is 24.5 Å². The number of aryl methyl sites for hydroxylation is 1. The molecule has 3 amide bonds. The van der Waals surface area contributed by atoms with Crippen molar-refractivity contribution in [3.8, 4) is 0 Å². The summed E-state index contributed by atoms with van der Waals surface area (Å²) in [6, 6.07) is 15.5. The second-order valence-corrected chi connectivity index (χ2v) is 9.61. The van der Waals surface area contributed by atoms with E-state index in [0.717, 1.165) is 35.3 Å². The van der Waals surface area contributed by atoms with Gasteiger partial charge in [-0.15, -0.1) is 0 Å². The van der Waals surface area contributed by atoms with E-state index in [9.17, 15) is 19.2 Å². The number of benzene rings is 2. The molecule has 0 spiro atoms. The van der Waals surface area contributed by atoms with Gasteiger partial charge in [-0.1, -0.05) is 48.5 Å². The number of nitrogens with one attached hydrogen (secondary N) is 1. The fourth-order valence-corrected chi connectivity index (χ4v) is 5.99. The number of rotatable bonds is 7. The Morgan fingerprint density at radius 1 is 0.971 bits per heavy atom. The van der Waals surface area contributed by atoms with E-state index in [1.807, 2.05) is 49.4 Å². The largest absolute Gasteiger partial charge is 0.454 e. The molecule has 176 valence electrons. The lowest BCUT2D eigenvalue weighted by molar-refractivity contribution is -0.160. The molecule has 0 unspecified atom stereocenters. The van der Waals surface area contributed by atoms with Crippen molar-refractivity contribution in [1.82, 2.24) is 4.90 Å². The predicted octanol–water partition coefficient (Wildman–Crippen LogP) is 3.12. The van der Waals surface area contributed by atoms with Crippen molar-refractivity contribution in [1.29, 1.82) is 0 Å². The third-order valence-electron chi connectivity index (χ3n) is 7.58. The van der Waals surface area contributed by atoms with Crippen LogP contribution in [0.1, 0.15) is 30.4 Å². The third-order valence-corrected chi connectivity index (χ3v) is 7.58. The molecule has 1 aliphatic heterocycles. The molecule has 2 aromatic rings. The van der Waals surface area contributed by atoms with Crippen LogP contribution in [0, 0.1) is 30.6 Å². The highest BCUT2D eigenvalue weighted by atomic mass is 16.5. The Morgan fingerprint density at radius 3 is 2.24 bits per heavy atom. The molecule has 3 aliphatic rings. The lowest BCUT2D eigenvalue weighted by atomic mass is 9.81. The number of ether oxygens (including phenoxy) is 1. The smallest absolute Gasteiger partial charge is 0.330 e. The van der Waals surface area contributed by atoms with Crippen molar-refractivity contribution >= 4 is 29.4 Å². The second kappa shape index (κ2) is 9.05. The van der Waals surface area contributed by atoms with E-state index in [1.54, 1.807) is 12.1 Å². The van der Waals surface area contributed by atoms with Crippen LogP contribution in [-0.4, -0.2) is 41.2 Å². The highest BCUT2D eigenvalue weighted by molar-refractivity contribution is 6.08. The number of anilines is 1. The Labute approximate surface area is 198 Å². The van der Waals surface area contributed by atoms with Gasteiger partial charge in [0.25, 0.3) is 5.91 Å². The Morgan fingerprint density at radius 2 is 1.59 bits per heavy atom. The molecule has 2 saturated carbocycles. The zero-order valence-corrected chi connectivity index (χ0v) is 19.1. The molecule has 2 bridgehead atoms. The van der Waals surface area contributed by atoms with Crippen LogP contribution in [0.5, 0.6) is 0 Å². The van der Waals surface area contributed by atoms with Gasteiger partial charge in [0.2, 0.25) is 11.8 Å². The molecule has 7 heteroatoms. The van der Waals surface area contributed by atoms with Crippen LogP contribution in [0.25, 0.3) is 0 Å². The maximum Gasteiger partial charge on any atom is 0.330 e. The first-order valence-corrected chi connectivity index (χ1v) is 11.9. The Hall–Kier alpha value is -3.48. The number of hydrogen-bond acceptors (Lipinski definition) is 5. The van der Waals surface area contributed by atoms with Gasteiger partial charge in [0.1, 0.15) is 6.04 Å². The SMILES string of the molecule is Cc1ccccc1NC(=O)COC(=O)[C@@H](Cc1ccccc1)N1C(=O)[C@@H]2[C@H]3CC[C@@H](C3)[C@@H]2C1=O. The van der Waals surface area contributed by atoms with Crippen molar-refractivity contribution < 1.29 is 23.9 Å². The maximum atomic E-state index is 13.4. The molecule has 2 aromatic carbocycles. The van der Waals surface area contributed by atoms with Gasteiger partial charge in [-0.05, 0) is 55.2 Å². The van der Waals surface area contributed by atoms with Crippen LogP contribution in [-0.2, 0) is 30.3 Å². The van der Waals surface area contributed by atoms with Gasteiger partial charge in [-0.2, -0.15) is 0 Å². The molecule has 7 nitrogen and oxygen atoms in total. The quantitative estimate of drug-likeness (QED) is 0.506. The number of nitrogens with zero attached hydrogens (tertiary/aromatic N) is 1. The normalized spacial score (nSPS) is 25.9. The summed E-state index contributed by atoms with van der Waals surface area (Å²) >= 11 is 0. The molecule has 1 N–H and O–H groups in total. The van der Waals surface area contributed by atoms with E-state index in [4.69, 9.17) is 4.74 Å². The van der Waals surface area contributed by atoms with Gasteiger partial charge in [-0.3, -0.25) is 19.3 Å². The lowest BCUT2D eigenvalue weighted by Gasteiger charge is -2.26. The minimum atomic E-state index is -1.08. The van der Waals surface area contributed by atoms with Crippen LogP contribution >= 0.6 is 0 Å². The van der Waals surface area contributed by atoms with E-state index in [1.165, 1.54) is 0 Å². The van der Waals surface area contributed by atoms with Gasteiger partial charge < -0.3 is 10.1 Å². The molecule has 34 heavy (non-hydrogen) atoms. The van der Waals surface area contributed by atoms with Crippen LogP contribution in [0.15, 0.2) is 54.6 Å². The minimum Gasteiger partial charge on any atom is -0.454 e. The third kappa shape index (κ3) is 4.00. The van der Waals surface area contributed by atoms with Crippen LogP contribution in [0.3, 0.4) is 0 Å². The van der Waals surface area contributed by atoms with E-state index >= 15 is 0 Å². The Kier molecular flexibility index (Phi) is 5.94. The van der Waals surface area contributed by atoms with Crippen LogP contribution in [0.2, 0.25) is 0 Å². The topological polar surface area (TPSA) is 92.8 Å². The average Bonchev–Trinajstić information content (AvgIpc) is 3.52. The monoisotopic (exact) mass is 460 g/mol. The number of para-hydroxylation sites is 1. The van der Waals surface area contributed by atoms with Gasteiger partial charge in [0.05, 0.1) is 11.8 Å². The molecule has 0 aromatic heterocycles. The standard InChI is InChI=1S/C27H28N2O5/c1-16-7-5-6-10-20(16)28-22(30)15-34-27(33)21(13-17-8-3-2-4-9-17)29-25(31)23-18-11-12-19(14-18)24(23)26(29)32/h2-10,18-19,21,23-24H,11-15H2,1H3,(H,28,30)/t18-,19-,21+,23-,24+/m0/s1. The van der Waals surface area contributed by atoms with Gasteiger partial charge in [0.15, 0.2) is 6.61 Å². The first-order chi connectivity index (χ1) is 16.4. The number of carbonyl (C=O) groups is 4. The average molecular weight is 461 g/mol. The number of imide groups is 1. The predicted molar refractivity (Wildman–Crippen MR) is 124 cm³/mol. The Bertz CT molecular complexity index is 1100. The summed E-state index contributed by atoms with van der Waals surface area (Å²) in [5, 5.41) is 2.73. The first-order valence-electron chi connectivity index (χ1n) is 11.9. The summed E-state index contributed by atoms with van der Waals surface area (Å²) in [7, 11) is 0. The number of esters is 1. The number of likely N-dealkylation sites (tertiary alicyclic amines) is 1. The molecule has 1 heterocycles. The summed E-state index contributed by atoms with van der Waals surface area (Å²) in [4.78, 5) is 53.5. The summed E-state index contributed by atoms with van der Waals surface area (Å²) in [6.07, 6.45) is 3.01. The molecular formula is C27H28N2O5. The van der Waals surface area contributed by atoms with E-state index in [2.05, 4.69) is 5.32 Å². The molecule has 3 fully saturated rings. The first kappa shape index (κ1) is 22.3. The summed E-state index contributed by atoms with van der Waals surface area (Å²) in [5.41, 5.74) is 2.34. The summed E-state index contributed by atoms with van der Waals surface area (Å²) < 4.78 is 5.35. The fourth-order valence-electron chi connectivity index (χ4n) is 5.99. The summed E-state index contributed by atoms with van der Waals surface area (Å²) in [5.74, 6) is -1.92. The van der Waals surface area contributed by atoms with Gasteiger partial charge in [0, 0.05) is 12.1 Å². The van der Waals surface area contributed by atoms with Crippen molar-refractivity contribution in [3.63, 3.8) is 0 Å². The zero-order chi connectivity index (χ0) is 23.8. The highest BCUT2D eigenvalue weighted by Crippen LogP contribution is 2.56. The molecule has 5 rings (SSSR count). The highest BCUT2D eigenvalue weighted by Gasteiger charge is 2.62. The zero-order valence-electron chi connectivity index (χ0n) is 19.1. The van der Waals surface area contributed by atoms with Crippen molar-refractivity contribution in [2.75, 3.05) is 11.9 Å². The summed E-state index contributed by atoms with van der Waals surface area (Å²) in [6.45, 7) is 1.37. The second-order valence-electron chi connectivity index (χ2n) is 9.61. The van der Waals surface area contributed by atoms with Crippen LogP contribution < -0.4 is 5.32 Å². The van der Waals surface area contributed by atoms with Crippen molar-refractivity contribution in [2.45, 2.75) is 38.6 Å². The number of hydrogen-bond donors (Lipinski definition) is 1. The van der Waals surface area contributed by atoms with E-state index in [0.29, 0.717) is 5.69 Å². The molecule has 2 aliphatic carbocycles. The van der Waals surface area contributed by atoms with Crippen LogP contribution in [0.4, 0.5) is 5.69 Å². The molecular weight excluding hydrogens is 432 g/mol. The Balaban J connectivity index is 1.32. The lowest BCUT2D eigenvalue weighted by Crippen LogP contribution is -2.48. The number of fused-ring (bicyclic) bond motifs is 5. The molecule has 1 saturated heterocycles. The number of carbonyl (C=O) groups excluding carboxylic acids is 4. The maximum absolute atomic E-state index is 13.4. The van der Waals surface area contributed by atoms with Crippen molar-refractivity contribution in [2.24, 2.45) is 23.7 Å². The molecule has 0 radical (unpaired) electrons. The molecule has 5 atom stereocenters.